The number of hydrogen-bond acceptors (Lipinski definition) is 10. The predicted octanol–water partition coefficient (Wildman–Crippen LogP) is 7.46. The minimum atomic E-state index is -0.909. The average molecular weight is 783 g/mol. The molecule has 0 aliphatic carbocycles. The lowest BCUT2D eigenvalue weighted by atomic mass is 9.96. The lowest BCUT2D eigenvalue weighted by molar-refractivity contribution is -0.133. The molecule has 10 nitrogen and oxygen atoms in total. The van der Waals surface area contributed by atoms with Crippen molar-refractivity contribution in [3.05, 3.63) is 144 Å². The van der Waals surface area contributed by atoms with Crippen molar-refractivity contribution in [2.75, 3.05) is 51.4 Å². The van der Waals surface area contributed by atoms with E-state index in [9.17, 15) is 9.59 Å². The van der Waals surface area contributed by atoms with E-state index < -0.39 is 11.3 Å². The molecule has 0 bridgehead atoms. The van der Waals surface area contributed by atoms with Crippen LogP contribution in [0.4, 0.5) is 0 Å². The van der Waals surface area contributed by atoms with Crippen LogP contribution in [-0.2, 0) is 20.9 Å². The second-order valence-electron chi connectivity index (χ2n) is 14.7. The van der Waals surface area contributed by atoms with Crippen LogP contribution in [0.2, 0.25) is 0 Å². The molecule has 0 saturated carbocycles. The number of carbonyl (C=O) groups excluding carboxylic acids is 2. The molecule has 2 unspecified atom stereocenters. The molecular formula is C44H46N8O2S2. The van der Waals surface area contributed by atoms with Gasteiger partial charge in [-0.2, -0.15) is 0 Å². The van der Waals surface area contributed by atoms with Crippen molar-refractivity contribution >= 4 is 36.1 Å². The SMILES string of the molecule is CN(C)C(C=O)(c1ccccc1)N1CSC[C@H]1c1ncc(-c2ccc(-c3ccc(-c4cnc([C@@H]5CSCN5C(C=O)(c5ccccc5)N(C)C)[nH]4)cc3)cc2)[nH]1. The standard InChI is InChI=1S/C44H46N8O2S2/c1-49(2)43(27-53,35-11-7-5-8-12-35)51-29-55-25-39(51)41-45-23-37(47-41)33-19-15-31(16-20-33)32-17-21-34(22-18-32)38-24-46-42(48-38)40-26-56-30-52(40)44(28-54,50(3)4)36-13-9-6-10-14-36/h5-24,27-28,39-40H,25-26,29-30H2,1-4H3,(H,45,47)(H,46,48)/t39-,40-,43?,44?/m0/s1. The number of aromatic nitrogens is 4. The van der Waals surface area contributed by atoms with Crippen molar-refractivity contribution in [1.82, 2.24) is 39.5 Å². The number of thioether (sulfide) groups is 2. The maximum atomic E-state index is 12.9. The molecular weight excluding hydrogens is 737 g/mol. The van der Waals surface area contributed by atoms with Gasteiger partial charge in [-0.05, 0) is 61.6 Å². The van der Waals surface area contributed by atoms with Crippen LogP contribution in [0.1, 0.15) is 34.9 Å². The maximum Gasteiger partial charge on any atom is 0.159 e. The molecule has 56 heavy (non-hydrogen) atoms. The van der Waals surface area contributed by atoms with Gasteiger partial charge >= 0.3 is 0 Å². The van der Waals surface area contributed by atoms with Gasteiger partial charge in [0.15, 0.2) is 23.9 Å². The first kappa shape index (κ1) is 38.1. The highest BCUT2D eigenvalue weighted by Gasteiger charge is 2.49. The van der Waals surface area contributed by atoms with Crippen LogP contribution in [0.3, 0.4) is 0 Å². The Kier molecular flexibility index (Phi) is 10.9. The first-order chi connectivity index (χ1) is 27.3. The molecule has 4 heterocycles. The summed E-state index contributed by atoms with van der Waals surface area (Å²) >= 11 is 3.62. The molecule has 2 N–H and O–H groups in total. The summed E-state index contributed by atoms with van der Waals surface area (Å²) in [5, 5.41) is 0. The zero-order valence-corrected chi connectivity index (χ0v) is 33.6. The van der Waals surface area contributed by atoms with Crippen molar-refractivity contribution in [2.24, 2.45) is 0 Å². The zero-order valence-electron chi connectivity index (χ0n) is 32.0. The van der Waals surface area contributed by atoms with E-state index in [-0.39, 0.29) is 12.1 Å². The number of rotatable bonds is 13. The van der Waals surface area contributed by atoms with Crippen molar-refractivity contribution in [3.63, 3.8) is 0 Å². The van der Waals surface area contributed by atoms with E-state index in [1.54, 1.807) is 0 Å². The summed E-state index contributed by atoms with van der Waals surface area (Å²) in [5.41, 5.74) is 6.26. The van der Waals surface area contributed by atoms with E-state index in [0.29, 0.717) is 11.8 Å². The summed E-state index contributed by atoms with van der Waals surface area (Å²) in [7, 11) is 7.83. The lowest BCUT2D eigenvalue weighted by Gasteiger charge is -2.44. The van der Waals surface area contributed by atoms with Crippen LogP contribution in [-0.4, -0.2) is 104 Å². The molecule has 286 valence electrons. The third-order valence-corrected chi connectivity index (χ3v) is 13.3. The smallest absolute Gasteiger partial charge is 0.159 e. The Hall–Kier alpha value is -4.82. The Morgan fingerprint density at radius 3 is 1.27 bits per heavy atom. The summed E-state index contributed by atoms with van der Waals surface area (Å²) in [6.45, 7) is 0. The molecule has 0 spiro atoms. The topological polar surface area (TPSA) is 104 Å². The fourth-order valence-electron chi connectivity index (χ4n) is 8.21. The summed E-state index contributed by atoms with van der Waals surface area (Å²) < 4.78 is 0. The Morgan fingerprint density at radius 1 is 0.571 bits per heavy atom. The molecule has 4 aromatic carbocycles. The fraction of sp³-hybridized carbons (Fsp3) is 0.273. The van der Waals surface area contributed by atoms with Crippen LogP contribution in [0, 0.1) is 0 Å². The zero-order chi connectivity index (χ0) is 38.9. The van der Waals surface area contributed by atoms with Gasteiger partial charge in [0.2, 0.25) is 0 Å². The Balaban J connectivity index is 0.976. The first-order valence-electron chi connectivity index (χ1n) is 18.7. The highest BCUT2D eigenvalue weighted by Crippen LogP contribution is 2.44. The van der Waals surface area contributed by atoms with E-state index >= 15 is 0 Å². The minimum absolute atomic E-state index is 0.0569. The number of aldehydes is 2. The molecule has 0 radical (unpaired) electrons. The van der Waals surface area contributed by atoms with Gasteiger partial charge in [0.1, 0.15) is 11.6 Å². The molecule has 2 aliphatic heterocycles. The first-order valence-corrected chi connectivity index (χ1v) is 21.0. The number of benzene rings is 4. The monoisotopic (exact) mass is 782 g/mol. The van der Waals surface area contributed by atoms with E-state index in [2.05, 4.69) is 68.3 Å². The van der Waals surface area contributed by atoms with E-state index in [1.807, 2.05) is 135 Å². The molecule has 0 amide bonds. The summed E-state index contributed by atoms with van der Waals surface area (Å²) in [5.74, 6) is 4.81. The molecule has 4 atom stereocenters. The second-order valence-corrected chi connectivity index (χ2v) is 16.7. The molecule has 8 rings (SSSR count). The van der Waals surface area contributed by atoms with Crippen molar-refractivity contribution in [3.8, 4) is 33.6 Å². The molecule has 2 aliphatic rings. The van der Waals surface area contributed by atoms with Gasteiger partial charge in [0.25, 0.3) is 0 Å². The third-order valence-electron chi connectivity index (χ3n) is 11.3. The van der Waals surface area contributed by atoms with Gasteiger partial charge in [-0.15, -0.1) is 23.5 Å². The van der Waals surface area contributed by atoms with Crippen LogP contribution < -0.4 is 0 Å². The number of nitrogens with one attached hydrogen (secondary N) is 2. The largest absolute Gasteiger partial charge is 0.341 e. The number of likely N-dealkylation sites (N-methyl/N-ethyl adjacent to an activating group) is 2. The van der Waals surface area contributed by atoms with Gasteiger partial charge in [-0.1, -0.05) is 109 Å². The third kappa shape index (κ3) is 6.63. The fourth-order valence-corrected chi connectivity index (χ4v) is 10.7. The Morgan fingerprint density at radius 2 is 0.929 bits per heavy atom. The molecule has 12 heteroatoms. The van der Waals surface area contributed by atoms with Gasteiger partial charge in [0.05, 0.1) is 35.9 Å². The van der Waals surface area contributed by atoms with Gasteiger partial charge in [-0.3, -0.25) is 29.2 Å². The van der Waals surface area contributed by atoms with Crippen molar-refractivity contribution < 1.29 is 9.59 Å². The number of imidazole rings is 2. The second kappa shape index (κ2) is 16.0. The molecule has 2 fully saturated rings. The van der Waals surface area contributed by atoms with Gasteiger partial charge in [0, 0.05) is 23.3 Å². The molecule has 2 aromatic heterocycles. The van der Waals surface area contributed by atoms with E-state index in [0.717, 1.165) is 80.5 Å². The van der Waals surface area contributed by atoms with E-state index in [1.165, 1.54) is 0 Å². The van der Waals surface area contributed by atoms with Gasteiger partial charge in [-0.25, -0.2) is 9.97 Å². The summed E-state index contributed by atoms with van der Waals surface area (Å²) in [4.78, 5) is 51.2. The highest BCUT2D eigenvalue weighted by molar-refractivity contribution is 7.99. The number of aromatic amines is 2. The molecule has 6 aromatic rings. The predicted molar refractivity (Wildman–Crippen MR) is 227 cm³/mol. The number of carbonyl (C=O) groups is 2. The average Bonchev–Trinajstić information content (AvgIpc) is 4.08. The minimum Gasteiger partial charge on any atom is -0.341 e. The Bertz CT molecular complexity index is 2100. The summed E-state index contributed by atoms with van der Waals surface area (Å²) in [6, 6.07) is 36.9. The number of H-pyrrole nitrogens is 2. The highest BCUT2D eigenvalue weighted by atomic mass is 32.2. The number of hydrogen-bond donors (Lipinski definition) is 2. The Labute approximate surface area is 336 Å². The van der Waals surface area contributed by atoms with Crippen LogP contribution in [0.15, 0.2) is 122 Å². The van der Waals surface area contributed by atoms with E-state index in [4.69, 9.17) is 9.97 Å². The van der Waals surface area contributed by atoms with Gasteiger partial charge < -0.3 is 9.97 Å². The quantitative estimate of drug-likeness (QED) is 0.115. The molecule has 2 saturated heterocycles. The van der Waals surface area contributed by atoms with Crippen molar-refractivity contribution in [1.29, 1.82) is 0 Å². The number of nitrogens with zero attached hydrogens (tertiary/aromatic N) is 6. The van der Waals surface area contributed by atoms with Crippen LogP contribution >= 0.6 is 23.5 Å². The summed E-state index contributed by atoms with van der Waals surface area (Å²) in [6.07, 6.45) is 5.91. The van der Waals surface area contributed by atoms with Crippen molar-refractivity contribution in [2.45, 2.75) is 23.4 Å². The lowest BCUT2D eigenvalue weighted by Crippen LogP contribution is -2.56. The normalized spacial score (nSPS) is 20.0. The van der Waals surface area contributed by atoms with Crippen LogP contribution in [0.25, 0.3) is 33.6 Å². The maximum absolute atomic E-state index is 12.9. The van der Waals surface area contributed by atoms with Crippen LogP contribution in [0.5, 0.6) is 0 Å².